The maximum atomic E-state index is 14.8. The first-order chi connectivity index (χ1) is 19.4. The first kappa shape index (κ1) is 24.6. The van der Waals surface area contributed by atoms with Crippen LogP contribution in [0.1, 0.15) is 28.7 Å². The molecule has 4 aromatic rings. The molecule has 6 heteroatoms. The van der Waals surface area contributed by atoms with Crippen LogP contribution in [0.4, 0.5) is 5.69 Å². The van der Waals surface area contributed by atoms with Crippen LogP contribution in [-0.4, -0.2) is 20.9 Å². The maximum Gasteiger partial charge on any atom is 0.270 e. The first-order valence-electron chi connectivity index (χ1n) is 13.4. The molecule has 2 aliphatic heterocycles. The number of rotatable bonds is 4. The van der Waals surface area contributed by atoms with Crippen molar-refractivity contribution in [2.45, 2.75) is 23.7 Å². The smallest absolute Gasteiger partial charge is 0.270 e. The number of hydrogen-bond acceptors (Lipinski definition) is 4. The summed E-state index contributed by atoms with van der Waals surface area (Å²) >= 11 is 0. The lowest BCUT2D eigenvalue weighted by atomic mass is 9.62. The molecule has 1 amide bonds. The number of hydrogen-bond donors (Lipinski definition) is 0. The van der Waals surface area contributed by atoms with E-state index >= 15 is 0 Å². The second kappa shape index (κ2) is 9.07. The highest BCUT2D eigenvalue weighted by molar-refractivity contribution is 7.93. The predicted molar refractivity (Wildman–Crippen MR) is 156 cm³/mol. The van der Waals surface area contributed by atoms with E-state index in [-0.39, 0.29) is 10.8 Å². The number of anilines is 1. The maximum absolute atomic E-state index is 14.8. The Morgan fingerprint density at radius 1 is 0.800 bits per heavy atom. The minimum atomic E-state index is -4.16. The summed E-state index contributed by atoms with van der Waals surface area (Å²) in [6.45, 7) is 2.33. The molecule has 0 fully saturated rings. The standard InChI is InChI=1S/C34H27NO4S/c1-23-16-18-27(19-17-23)40(37,38)35-31-15-9-8-14-29(31)34(33(35)36)21-26-22-39-32(25-12-6-3-7-13-25)28(26)20-30(34)24-10-4-2-5-11-24/h2-20,26H,21-22H2,1H3/t26-,34+/m0/s1. The van der Waals surface area contributed by atoms with Crippen molar-refractivity contribution in [3.63, 3.8) is 0 Å². The fourth-order valence-electron chi connectivity index (χ4n) is 6.36. The van der Waals surface area contributed by atoms with E-state index in [0.717, 1.165) is 37.9 Å². The molecule has 2 heterocycles. The van der Waals surface area contributed by atoms with E-state index in [1.165, 1.54) is 0 Å². The average Bonchev–Trinajstić information content (AvgIpc) is 3.50. The molecule has 0 aromatic heterocycles. The molecule has 0 radical (unpaired) electrons. The summed E-state index contributed by atoms with van der Waals surface area (Å²) in [5, 5.41) is 0. The Morgan fingerprint density at radius 2 is 1.43 bits per heavy atom. The number of aryl methyl sites for hydroxylation is 1. The molecule has 3 aliphatic rings. The SMILES string of the molecule is Cc1ccc(S(=O)(=O)N2C(=O)[C@]3(C[C@H]4COC(c5ccccc5)=C4C=C3c3ccccc3)c3ccccc32)cc1. The normalized spacial score (nSPS) is 21.7. The summed E-state index contributed by atoms with van der Waals surface area (Å²) in [6, 6.07) is 33.7. The van der Waals surface area contributed by atoms with Crippen molar-refractivity contribution < 1.29 is 17.9 Å². The van der Waals surface area contributed by atoms with Crippen LogP contribution in [0, 0.1) is 12.8 Å². The molecule has 0 N–H and O–H groups in total. The van der Waals surface area contributed by atoms with E-state index < -0.39 is 21.3 Å². The number of amides is 1. The van der Waals surface area contributed by atoms with Gasteiger partial charge in [0.05, 0.1) is 17.2 Å². The molecular weight excluding hydrogens is 518 g/mol. The Bertz CT molecular complexity index is 1810. The van der Waals surface area contributed by atoms with Crippen molar-refractivity contribution in [2.75, 3.05) is 10.9 Å². The van der Waals surface area contributed by atoms with Gasteiger partial charge in [-0.05, 0) is 54.3 Å². The molecule has 0 bridgehead atoms. The van der Waals surface area contributed by atoms with Crippen molar-refractivity contribution in [1.29, 1.82) is 0 Å². The quantitative estimate of drug-likeness (QED) is 0.293. The molecule has 5 nitrogen and oxygen atoms in total. The van der Waals surface area contributed by atoms with Crippen molar-refractivity contribution in [1.82, 2.24) is 0 Å². The summed E-state index contributed by atoms with van der Waals surface area (Å²) in [7, 11) is -4.16. The summed E-state index contributed by atoms with van der Waals surface area (Å²) < 4.78 is 35.5. The Labute approximate surface area is 234 Å². The van der Waals surface area contributed by atoms with E-state index in [1.54, 1.807) is 36.4 Å². The molecule has 4 aromatic carbocycles. The number of carbonyl (C=O) groups is 1. The third-order valence-electron chi connectivity index (χ3n) is 8.26. The number of benzene rings is 4. The van der Waals surface area contributed by atoms with Crippen LogP contribution in [0.3, 0.4) is 0 Å². The molecule has 40 heavy (non-hydrogen) atoms. The summed E-state index contributed by atoms with van der Waals surface area (Å²) in [6.07, 6.45) is 2.49. The second-order valence-corrected chi connectivity index (χ2v) is 12.4. The number of allylic oxidation sites excluding steroid dienone is 1. The van der Waals surface area contributed by atoms with Gasteiger partial charge in [-0.25, -0.2) is 12.7 Å². The van der Waals surface area contributed by atoms with Crippen LogP contribution in [0.5, 0.6) is 0 Å². The Morgan fingerprint density at radius 3 is 2.12 bits per heavy atom. The zero-order chi connectivity index (χ0) is 27.5. The Kier molecular flexibility index (Phi) is 5.58. The van der Waals surface area contributed by atoms with Gasteiger partial charge in [-0.3, -0.25) is 4.79 Å². The molecule has 0 saturated carbocycles. The van der Waals surface area contributed by atoms with Gasteiger partial charge in [0.25, 0.3) is 15.9 Å². The van der Waals surface area contributed by atoms with Crippen LogP contribution >= 0.6 is 0 Å². The topological polar surface area (TPSA) is 63.7 Å². The molecule has 0 saturated heterocycles. The molecule has 2 atom stereocenters. The van der Waals surface area contributed by atoms with Crippen LogP contribution in [-0.2, 0) is 25.0 Å². The number of ether oxygens (including phenoxy) is 1. The fourth-order valence-corrected chi connectivity index (χ4v) is 7.84. The molecule has 7 rings (SSSR count). The van der Waals surface area contributed by atoms with Crippen LogP contribution < -0.4 is 4.31 Å². The lowest BCUT2D eigenvalue weighted by molar-refractivity contribution is -0.120. The van der Waals surface area contributed by atoms with Crippen molar-refractivity contribution in [3.05, 3.63) is 143 Å². The zero-order valence-electron chi connectivity index (χ0n) is 21.9. The highest BCUT2D eigenvalue weighted by Crippen LogP contribution is 2.59. The lowest BCUT2D eigenvalue weighted by Gasteiger charge is -2.37. The van der Waals surface area contributed by atoms with E-state index in [1.807, 2.05) is 79.7 Å². The summed E-state index contributed by atoms with van der Waals surface area (Å²) in [5.74, 6) is 0.301. The predicted octanol–water partition coefficient (Wildman–Crippen LogP) is 6.51. The van der Waals surface area contributed by atoms with E-state index in [2.05, 4.69) is 6.08 Å². The summed E-state index contributed by atoms with van der Waals surface area (Å²) in [5.41, 5.74) is 4.58. The fraction of sp³-hybridized carbons (Fsp3) is 0.147. The van der Waals surface area contributed by atoms with E-state index in [4.69, 9.17) is 4.74 Å². The van der Waals surface area contributed by atoms with Gasteiger partial charge < -0.3 is 4.74 Å². The number of fused-ring (bicyclic) bond motifs is 3. The van der Waals surface area contributed by atoms with Gasteiger partial charge in [0.15, 0.2) is 0 Å². The number of para-hydroxylation sites is 1. The van der Waals surface area contributed by atoms with E-state index in [0.29, 0.717) is 24.3 Å². The van der Waals surface area contributed by atoms with Crippen LogP contribution in [0.25, 0.3) is 11.3 Å². The third-order valence-corrected chi connectivity index (χ3v) is 9.97. The zero-order valence-corrected chi connectivity index (χ0v) is 22.8. The molecule has 0 unspecified atom stereocenters. The average molecular weight is 546 g/mol. The molecule has 1 aliphatic carbocycles. The van der Waals surface area contributed by atoms with Crippen LogP contribution in [0.2, 0.25) is 0 Å². The van der Waals surface area contributed by atoms with Gasteiger partial charge >= 0.3 is 0 Å². The largest absolute Gasteiger partial charge is 0.492 e. The van der Waals surface area contributed by atoms with Crippen molar-refractivity contribution in [3.8, 4) is 0 Å². The molecular formula is C34H27NO4S. The number of sulfonamides is 1. The third kappa shape index (κ3) is 3.52. The van der Waals surface area contributed by atoms with E-state index in [9.17, 15) is 13.2 Å². The number of nitrogens with zero attached hydrogens (tertiary/aromatic N) is 1. The van der Waals surface area contributed by atoms with Gasteiger partial charge in [-0.2, -0.15) is 0 Å². The Hall–Kier alpha value is -4.42. The monoisotopic (exact) mass is 545 g/mol. The van der Waals surface area contributed by atoms with Crippen molar-refractivity contribution in [2.24, 2.45) is 5.92 Å². The van der Waals surface area contributed by atoms with Crippen molar-refractivity contribution >= 4 is 33.0 Å². The highest BCUT2D eigenvalue weighted by Gasteiger charge is 2.59. The van der Waals surface area contributed by atoms with Gasteiger partial charge in [0.2, 0.25) is 0 Å². The van der Waals surface area contributed by atoms with Gasteiger partial charge in [0.1, 0.15) is 11.2 Å². The van der Waals surface area contributed by atoms with Gasteiger partial charge in [-0.15, -0.1) is 0 Å². The first-order valence-corrected chi connectivity index (χ1v) is 14.8. The lowest BCUT2D eigenvalue weighted by Crippen LogP contribution is -2.46. The highest BCUT2D eigenvalue weighted by atomic mass is 32.2. The summed E-state index contributed by atoms with van der Waals surface area (Å²) in [4.78, 5) is 14.9. The van der Waals surface area contributed by atoms with Gasteiger partial charge in [-0.1, -0.05) is 96.6 Å². The molecule has 198 valence electrons. The second-order valence-electron chi connectivity index (χ2n) is 10.6. The molecule has 1 spiro atoms. The minimum absolute atomic E-state index is 0.0679. The Balaban J connectivity index is 1.47. The van der Waals surface area contributed by atoms with Gasteiger partial charge in [0, 0.05) is 17.1 Å². The minimum Gasteiger partial charge on any atom is -0.492 e. The van der Waals surface area contributed by atoms with Crippen LogP contribution in [0.15, 0.2) is 126 Å². The number of carbonyl (C=O) groups excluding carboxylic acids is 1.